The summed E-state index contributed by atoms with van der Waals surface area (Å²) in [5, 5.41) is 36.6. The van der Waals surface area contributed by atoms with Crippen LogP contribution in [0, 0.1) is 23.7 Å². The Morgan fingerprint density at radius 2 is 1.47 bits per heavy atom. The fraction of sp³-hybridized carbons (Fsp3) is 0.923. The van der Waals surface area contributed by atoms with E-state index in [1.54, 1.807) is 41.5 Å². The lowest BCUT2D eigenvalue weighted by Gasteiger charge is -2.49. The first-order valence-electron chi connectivity index (χ1n) is 26.1. The number of hydrogen-bond donors (Lipinski definition) is 3. The number of carbonyl (C=O) groups excluding carboxylic acids is 4. The van der Waals surface area contributed by atoms with Gasteiger partial charge in [0.05, 0.1) is 67.0 Å². The van der Waals surface area contributed by atoms with Crippen LogP contribution in [0.15, 0.2) is 0 Å². The molecule has 0 spiro atoms. The minimum atomic E-state index is -1.86. The van der Waals surface area contributed by atoms with Gasteiger partial charge in [-0.25, -0.2) is 0 Å². The predicted octanol–water partition coefficient (Wildman–Crippen LogP) is 5.32. The van der Waals surface area contributed by atoms with Crippen molar-refractivity contribution in [3.8, 4) is 0 Å². The van der Waals surface area contributed by atoms with Gasteiger partial charge in [0.2, 0.25) is 0 Å². The minimum absolute atomic E-state index is 0.0696. The maximum Gasteiger partial charge on any atom is 0.311 e. The molecular formula is C52H92N2O16. The molecule has 0 aromatic rings. The Morgan fingerprint density at radius 1 is 0.843 bits per heavy atom. The molecule has 18 atom stereocenters. The fourth-order valence-corrected chi connectivity index (χ4v) is 11.3. The maximum atomic E-state index is 14.8. The molecule has 0 aromatic heterocycles. The molecule has 0 bridgehead atoms. The van der Waals surface area contributed by atoms with Gasteiger partial charge in [-0.1, -0.05) is 40.5 Å². The molecule has 0 radical (unpaired) electrons. The van der Waals surface area contributed by atoms with Crippen molar-refractivity contribution in [3.63, 3.8) is 0 Å². The van der Waals surface area contributed by atoms with Gasteiger partial charge in [0.25, 0.3) is 0 Å². The quantitative estimate of drug-likeness (QED) is 0.132. The first-order valence-corrected chi connectivity index (χ1v) is 26.1. The van der Waals surface area contributed by atoms with Crippen LogP contribution in [0.3, 0.4) is 0 Å². The third kappa shape index (κ3) is 15.5. The minimum Gasteiger partial charge on any atom is -0.465 e. The Balaban J connectivity index is 1.81. The first kappa shape index (κ1) is 60.0. The number of ether oxygens (including phenoxy) is 9. The van der Waals surface area contributed by atoms with Crippen LogP contribution in [-0.4, -0.2) is 181 Å². The van der Waals surface area contributed by atoms with E-state index in [-0.39, 0.29) is 50.5 Å². The van der Waals surface area contributed by atoms with Gasteiger partial charge in [-0.05, 0) is 120 Å². The number of nitrogens with zero attached hydrogens (tertiary/aromatic N) is 2. The molecule has 70 heavy (non-hydrogen) atoms. The van der Waals surface area contributed by atoms with E-state index in [9.17, 15) is 34.5 Å². The number of aliphatic hydroxyl groups is 3. The molecule has 4 aliphatic rings. The van der Waals surface area contributed by atoms with Crippen molar-refractivity contribution in [1.82, 2.24) is 9.80 Å². The number of likely N-dealkylation sites (N-methyl/N-ethyl adjacent to an activating group) is 2. The van der Waals surface area contributed by atoms with Gasteiger partial charge in [-0.3, -0.25) is 24.1 Å². The smallest absolute Gasteiger partial charge is 0.311 e. The highest BCUT2D eigenvalue weighted by atomic mass is 16.7. The Kier molecular flexibility index (Phi) is 22.4. The molecule has 0 aromatic carbocycles. The first-order chi connectivity index (χ1) is 32.7. The van der Waals surface area contributed by atoms with E-state index in [4.69, 9.17) is 42.6 Å². The van der Waals surface area contributed by atoms with Crippen LogP contribution in [-0.2, 0) is 61.8 Å². The maximum absolute atomic E-state index is 14.8. The third-order valence-electron chi connectivity index (χ3n) is 15.6. The second kappa shape index (κ2) is 26.1. The molecule has 0 amide bonds. The number of hydrogen-bond acceptors (Lipinski definition) is 18. The summed E-state index contributed by atoms with van der Waals surface area (Å²) in [4.78, 5) is 58.3. The van der Waals surface area contributed by atoms with E-state index < -0.39 is 120 Å². The zero-order valence-corrected chi connectivity index (χ0v) is 45.2. The van der Waals surface area contributed by atoms with Crippen LogP contribution < -0.4 is 0 Å². The molecule has 1 aliphatic carbocycles. The second-order valence-corrected chi connectivity index (χ2v) is 22.2. The molecule has 1 saturated carbocycles. The van der Waals surface area contributed by atoms with E-state index in [0.717, 1.165) is 25.7 Å². The zero-order chi connectivity index (χ0) is 52.5. The lowest BCUT2D eigenvalue weighted by atomic mass is 9.77. The normalized spacial score (nSPS) is 41.0. The summed E-state index contributed by atoms with van der Waals surface area (Å²) < 4.78 is 56.6. The Bertz CT molecular complexity index is 1680. The summed E-state index contributed by atoms with van der Waals surface area (Å²) in [6.45, 7) is 20.1. The lowest BCUT2D eigenvalue weighted by Crippen LogP contribution is -2.61. The number of carbonyl (C=O) groups is 4. The van der Waals surface area contributed by atoms with Gasteiger partial charge in [0, 0.05) is 38.5 Å². The molecule has 4 fully saturated rings. The molecular weight excluding hydrogens is 909 g/mol. The molecule has 3 heterocycles. The van der Waals surface area contributed by atoms with Crippen molar-refractivity contribution >= 4 is 23.9 Å². The zero-order valence-electron chi connectivity index (χ0n) is 45.2. The number of rotatable bonds is 16. The number of methoxy groups -OCH3 is 1. The van der Waals surface area contributed by atoms with Gasteiger partial charge >= 0.3 is 23.9 Å². The van der Waals surface area contributed by atoms with E-state index in [1.807, 2.05) is 58.6 Å². The van der Waals surface area contributed by atoms with Crippen LogP contribution in [0.4, 0.5) is 0 Å². The third-order valence-corrected chi connectivity index (χ3v) is 15.6. The van der Waals surface area contributed by atoms with Crippen molar-refractivity contribution in [2.45, 2.75) is 244 Å². The van der Waals surface area contributed by atoms with Crippen molar-refractivity contribution in [2.75, 3.05) is 41.4 Å². The summed E-state index contributed by atoms with van der Waals surface area (Å²) in [6.07, 6.45) is -4.63. The van der Waals surface area contributed by atoms with Gasteiger partial charge in [0.15, 0.2) is 18.7 Å². The lowest BCUT2D eigenvalue weighted by molar-refractivity contribution is -0.319. The molecule has 3 saturated heterocycles. The molecule has 18 nitrogen and oxygen atoms in total. The van der Waals surface area contributed by atoms with E-state index in [1.165, 1.54) is 14.0 Å². The van der Waals surface area contributed by atoms with Gasteiger partial charge < -0.3 is 62.9 Å². The highest BCUT2D eigenvalue weighted by Crippen LogP contribution is 2.41. The summed E-state index contributed by atoms with van der Waals surface area (Å²) in [7, 11) is 7.08. The van der Waals surface area contributed by atoms with Crippen LogP contribution in [0.25, 0.3) is 0 Å². The molecule has 18 heteroatoms. The standard InChI is InChI=1S/C52H92N2O16/c1-16-20-40(56)68-47-34(7)54(14)28-30(3)26-50(9,60)46(70-49-44(37(53(12)13)25-31(4)64-49)67-41(57)24-23-39(55)63-29-36-21-18-19-22-36)32(5)43(33(6)48(59)66-38(17-2)52(47,11)61)69-42-27-51(10,62-15)45(58)35(8)65-42/h30-38,42-47,49,58,60-61H,16-29H2,1-15H3/t30-,31-,32+,33-,34-,35+,37?,38-,42+,43+,44-,45+,46-,47-,49+,50-,51-,52-/m1/s1. The molecule has 1 unspecified atom stereocenters. The Hall–Kier alpha value is -2.52. The van der Waals surface area contributed by atoms with Gasteiger partial charge in [-0.2, -0.15) is 0 Å². The van der Waals surface area contributed by atoms with Crippen molar-refractivity contribution < 1.29 is 77.1 Å². The van der Waals surface area contributed by atoms with E-state index in [2.05, 4.69) is 0 Å². The monoisotopic (exact) mass is 1000 g/mol. The second-order valence-electron chi connectivity index (χ2n) is 22.2. The van der Waals surface area contributed by atoms with Gasteiger partial charge in [-0.15, -0.1) is 0 Å². The van der Waals surface area contributed by atoms with Gasteiger partial charge in [0.1, 0.15) is 23.9 Å². The fourth-order valence-electron chi connectivity index (χ4n) is 11.3. The summed E-state index contributed by atoms with van der Waals surface area (Å²) >= 11 is 0. The molecule has 406 valence electrons. The highest BCUT2D eigenvalue weighted by molar-refractivity contribution is 5.77. The summed E-state index contributed by atoms with van der Waals surface area (Å²) in [5.74, 6) is -4.26. The molecule has 3 aliphatic heterocycles. The van der Waals surface area contributed by atoms with Crippen molar-refractivity contribution in [3.05, 3.63) is 0 Å². The van der Waals surface area contributed by atoms with Crippen molar-refractivity contribution in [1.29, 1.82) is 0 Å². The average Bonchev–Trinajstić information content (AvgIpc) is 3.81. The summed E-state index contributed by atoms with van der Waals surface area (Å²) in [6, 6.07) is -0.987. The predicted molar refractivity (Wildman–Crippen MR) is 259 cm³/mol. The van der Waals surface area contributed by atoms with Crippen LogP contribution in [0.1, 0.15) is 153 Å². The van der Waals surface area contributed by atoms with Crippen LogP contribution in [0.5, 0.6) is 0 Å². The summed E-state index contributed by atoms with van der Waals surface area (Å²) in [5.41, 5.74) is -4.66. The number of esters is 4. The topological polar surface area (TPSA) is 219 Å². The molecule has 4 rings (SSSR count). The van der Waals surface area contributed by atoms with E-state index >= 15 is 0 Å². The average molecular weight is 1000 g/mol. The van der Waals surface area contributed by atoms with E-state index in [0.29, 0.717) is 31.9 Å². The number of aliphatic hydroxyl groups excluding tert-OH is 1. The highest BCUT2D eigenvalue weighted by Gasteiger charge is 2.54. The Labute approximate surface area is 418 Å². The SMILES string of the molecule is CCCC(=O)O[C@@H]1[C@@H](C)N(C)C[C@H](C)C[C@@](C)(O)[C@H](O[C@@H]2O[C@H](C)CC(N(C)C)[C@H]2OC(=O)CCC(=O)OCC2CCCC2)[C@@H](C)[C@H](O[C@H]2C[C@@](C)(OC)[C@@H](O)[C@H](C)O2)[C@@H](C)C(=O)O[C@H](CC)[C@@]1(C)O. The molecule has 3 N–H and O–H groups in total. The van der Waals surface area contributed by atoms with Crippen LogP contribution >= 0.6 is 0 Å². The largest absolute Gasteiger partial charge is 0.465 e. The van der Waals surface area contributed by atoms with Crippen LogP contribution in [0.2, 0.25) is 0 Å². The number of cyclic esters (lactones) is 1. The Morgan fingerprint density at radius 3 is 2.07 bits per heavy atom. The van der Waals surface area contributed by atoms with Crippen molar-refractivity contribution in [2.24, 2.45) is 23.7 Å².